The lowest BCUT2D eigenvalue weighted by Gasteiger charge is -2.30. The highest BCUT2D eigenvalue weighted by Crippen LogP contribution is 2.23. The van der Waals surface area contributed by atoms with Gasteiger partial charge in [-0.2, -0.15) is 0 Å². The molecule has 0 bridgehead atoms. The fraction of sp³-hybridized carbons (Fsp3) is 0.533. The van der Waals surface area contributed by atoms with Crippen LogP contribution in [0.2, 0.25) is 0 Å². The Hall–Kier alpha value is -0.960. The monoisotopic (exact) mass is 263 g/mol. The minimum absolute atomic E-state index is 0.287. The van der Waals surface area contributed by atoms with Gasteiger partial charge in [0.05, 0.1) is 5.75 Å². The summed E-state index contributed by atoms with van der Waals surface area (Å²) in [6.45, 7) is 6.20. The molecule has 98 valence electrons. The molecule has 1 aromatic rings. The van der Waals surface area contributed by atoms with Gasteiger partial charge in [-0.15, -0.1) is 11.8 Å². The van der Waals surface area contributed by atoms with Crippen LogP contribution in [-0.2, 0) is 4.79 Å². The zero-order valence-electron chi connectivity index (χ0n) is 11.2. The van der Waals surface area contributed by atoms with Gasteiger partial charge in [0.2, 0.25) is 5.91 Å². The van der Waals surface area contributed by atoms with Crippen molar-refractivity contribution in [3.05, 3.63) is 29.8 Å². The molecule has 1 amide bonds. The molecular formula is C15H21NOS. The summed E-state index contributed by atoms with van der Waals surface area (Å²) < 4.78 is 0. The maximum absolute atomic E-state index is 12.1. The van der Waals surface area contributed by atoms with E-state index in [1.807, 2.05) is 17.0 Å². The van der Waals surface area contributed by atoms with Gasteiger partial charge in [-0.3, -0.25) is 4.79 Å². The number of hydrogen-bond donors (Lipinski definition) is 0. The number of carbonyl (C=O) groups is 1. The zero-order valence-corrected chi connectivity index (χ0v) is 12.0. The van der Waals surface area contributed by atoms with Crippen LogP contribution >= 0.6 is 11.8 Å². The lowest BCUT2D eigenvalue weighted by atomic mass is 10.0. The Balaban J connectivity index is 1.86. The average Bonchev–Trinajstić information content (AvgIpc) is 2.37. The molecule has 0 radical (unpaired) electrons. The molecule has 1 heterocycles. The van der Waals surface area contributed by atoms with Gasteiger partial charge in [0.25, 0.3) is 0 Å². The molecule has 3 heteroatoms. The molecule has 0 saturated carbocycles. The first-order valence-electron chi connectivity index (χ1n) is 6.63. The Labute approximate surface area is 114 Å². The fourth-order valence-electron chi connectivity index (χ4n) is 2.37. The van der Waals surface area contributed by atoms with Gasteiger partial charge in [0.1, 0.15) is 0 Å². The number of benzene rings is 1. The van der Waals surface area contributed by atoms with Gasteiger partial charge >= 0.3 is 0 Å². The molecule has 0 N–H and O–H groups in total. The van der Waals surface area contributed by atoms with Gasteiger partial charge in [-0.25, -0.2) is 0 Å². The van der Waals surface area contributed by atoms with Gasteiger partial charge in [-0.1, -0.05) is 25.1 Å². The smallest absolute Gasteiger partial charge is 0.232 e. The van der Waals surface area contributed by atoms with Crippen LogP contribution in [0.3, 0.4) is 0 Å². The summed E-state index contributed by atoms with van der Waals surface area (Å²) in [7, 11) is 0. The van der Waals surface area contributed by atoms with Crippen molar-refractivity contribution >= 4 is 17.7 Å². The van der Waals surface area contributed by atoms with E-state index in [-0.39, 0.29) is 5.91 Å². The van der Waals surface area contributed by atoms with Crippen molar-refractivity contribution in [3.63, 3.8) is 0 Å². The highest BCUT2D eigenvalue weighted by atomic mass is 32.2. The van der Waals surface area contributed by atoms with Crippen LogP contribution in [0, 0.1) is 12.8 Å². The predicted octanol–water partition coefficient (Wildman–Crippen LogP) is 3.35. The molecule has 1 saturated heterocycles. The van der Waals surface area contributed by atoms with Crippen molar-refractivity contribution in [1.29, 1.82) is 0 Å². The summed E-state index contributed by atoms with van der Waals surface area (Å²) in [6, 6.07) is 8.25. The lowest BCUT2D eigenvalue weighted by molar-refractivity contribution is -0.130. The maximum atomic E-state index is 12.1. The molecule has 1 unspecified atom stereocenters. The first-order chi connectivity index (χ1) is 8.66. The zero-order chi connectivity index (χ0) is 13.0. The number of amides is 1. The predicted molar refractivity (Wildman–Crippen MR) is 76.9 cm³/mol. The lowest BCUT2D eigenvalue weighted by Crippen LogP contribution is -2.40. The Kier molecular flexibility index (Phi) is 4.70. The number of carbonyl (C=O) groups excluding carboxylic acids is 1. The average molecular weight is 263 g/mol. The number of nitrogens with zero attached hydrogens (tertiary/aromatic N) is 1. The highest BCUT2D eigenvalue weighted by Gasteiger charge is 2.20. The summed E-state index contributed by atoms with van der Waals surface area (Å²) in [5.41, 5.74) is 1.25. The minimum atomic E-state index is 0.287. The van der Waals surface area contributed by atoms with Crippen molar-refractivity contribution in [2.45, 2.75) is 31.6 Å². The highest BCUT2D eigenvalue weighted by molar-refractivity contribution is 8.00. The second-order valence-corrected chi connectivity index (χ2v) is 6.16. The molecule has 1 fully saturated rings. The van der Waals surface area contributed by atoms with Gasteiger partial charge in [0, 0.05) is 18.0 Å². The maximum Gasteiger partial charge on any atom is 0.232 e. The molecule has 0 aliphatic carbocycles. The second-order valence-electron chi connectivity index (χ2n) is 5.14. The van der Waals surface area contributed by atoms with Crippen LogP contribution in [-0.4, -0.2) is 29.6 Å². The van der Waals surface area contributed by atoms with E-state index in [1.54, 1.807) is 11.8 Å². The largest absolute Gasteiger partial charge is 0.342 e. The SMILES string of the molecule is Cc1ccccc1SCC(=O)N1CCCC(C)C1. The van der Waals surface area contributed by atoms with E-state index in [0.717, 1.165) is 19.5 Å². The summed E-state index contributed by atoms with van der Waals surface area (Å²) in [4.78, 5) is 15.4. The quantitative estimate of drug-likeness (QED) is 0.780. The van der Waals surface area contributed by atoms with E-state index in [2.05, 4.69) is 26.0 Å². The van der Waals surface area contributed by atoms with Crippen LogP contribution in [0.15, 0.2) is 29.2 Å². The standard InChI is InChI=1S/C15H21NOS/c1-12-6-5-9-16(10-12)15(17)11-18-14-8-4-3-7-13(14)2/h3-4,7-8,12H,5-6,9-11H2,1-2H3. The van der Waals surface area contributed by atoms with E-state index in [9.17, 15) is 4.79 Å². The van der Waals surface area contributed by atoms with Crippen molar-refractivity contribution in [2.24, 2.45) is 5.92 Å². The first kappa shape index (κ1) is 13.5. The third-order valence-electron chi connectivity index (χ3n) is 3.45. The third-order valence-corrected chi connectivity index (χ3v) is 4.61. The van der Waals surface area contributed by atoms with Crippen LogP contribution in [0.5, 0.6) is 0 Å². The molecule has 0 spiro atoms. The van der Waals surface area contributed by atoms with E-state index in [0.29, 0.717) is 11.7 Å². The number of aryl methyl sites for hydroxylation is 1. The van der Waals surface area contributed by atoms with Crippen LogP contribution < -0.4 is 0 Å². The van der Waals surface area contributed by atoms with Gasteiger partial charge < -0.3 is 4.90 Å². The molecule has 2 nitrogen and oxygen atoms in total. The minimum Gasteiger partial charge on any atom is -0.342 e. The molecule has 18 heavy (non-hydrogen) atoms. The van der Waals surface area contributed by atoms with E-state index < -0.39 is 0 Å². The topological polar surface area (TPSA) is 20.3 Å². The molecule has 1 atom stereocenters. The molecule has 1 aromatic carbocycles. The molecule has 1 aliphatic heterocycles. The van der Waals surface area contributed by atoms with Crippen molar-refractivity contribution in [1.82, 2.24) is 4.90 Å². The van der Waals surface area contributed by atoms with Crippen LogP contribution in [0.4, 0.5) is 0 Å². The van der Waals surface area contributed by atoms with Crippen molar-refractivity contribution < 1.29 is 4.79 Å². The van der Waals surface area contributed by atoms with E-state index >= 15 is 0 Å². The Morgan fingerprint density at radius 2 is 2.22 bits per heavy atom. The van der Waals surface area contributed by atoms with E-state index in [4.69, 9.17) is 0 Å². The number of rotatable bonds is 3. The summed E-state index contributed by atoms with van der Waals surface area (Å²) >= 11 is 1.66. The number of hydrogen-bond acceptors (Lipinski definition) is 2. The van der Waals surface area contributed by atoms with Gasteiger partial charge in [-0.05, 0) is 37.3 Å². The number of likely N-dealkylation sites (tertiary alicyclic amines) is 1. The summed E-state index contributed by atoms with van der Waals surface area (Å²) in [5, 5.41) is 0. The van der Waals surface area contributed by atoms with Crippen molar-refractivity contribution in [2.75, 3.05) is 18.8 Å². The fourth-order valence-corrected chi connectivity index (χ4v) is 3.30. The Bertz CT molecular complexity index is 419. The first-order valence-corrected chi connectivity index (χ1v) is 7.61. The van der Waals surface area contributed by atoms with Crippen LogP contribution in [0.25, 0.3) is 0 Å². The van der Waals surface area contributed by atoms with Crippen molar-refractivity contribution in [3.8, 4) is 0 Å². The van der Waals surface area contributed by atoms with E-state index in [1.165, 1.54) is 16.9 Å². The third kappa shape index (κ3) is 3.52. The number of piperidine rings is 1. The normalized spacial score (nSPS) is 19.9. The molecular weight excluding hydrogens is 242 g/mol. The Morgan fingerprint density at radius 1 is 1.44 bits per heavy atom. The second kappa shape index (κ2) is 6.28. The molecule has 2 rings (SSSR count). The van der Waals surface area contributed by atoms with Gasteiger partial charge in [0.15, 0.2) is 0 Å². The molecule has 1 aliphatic rings. The summed E-state index contributed by atoms with van der Waals surface area (Å²) in [6.07, 6.45) is 2.41. The van der Waals surface area contributed by atoms with Crippen LogP contribution in [0.1, 0.15) is 25.3 Å². The molecule has 0 aromatic heterocycles. The Morgan fingerprint density at radius 3 is 2.94 bits per heavy atom. The number of thioether (sulfide) groups is 1. The summed E-state index contributed by atoms with van der Waals surface area (Å²) in [5.74, 6) is 1.51.